The van der Waals surface area contributed by atoms with Crippen LogP contribution in [-0.4, -0.2) is 83.1 Å². The van der Waals surface area contributed by atoms with E-state index in [1.54, 1.807) is 26.2 Å². The molecule has 6 aliphatic rings. The summed E-state index contributed by atoms with van der Waals surface area (Å²) in [7, 11) is 1.54. The largest absolute Gasteiger partial charge is 0.494 e. The van der Waals surface area contributed by atoms with Gasteiger partial charge in [-0.3, -0.25) is 4.79 Å². The molecule has 2 unspecified atom stereocenters. The van der Waals surface area contributed by atoms with Crippen LogP contribution in [-0.2, 0) is 33.3 Å². The van der Waals surface area contributed by atoms with Crippen LogP contribution in [0.1, 0.15) is 80.6 Å². The van der Waals surface area contributed by atoms with Gasteiger partial charge in [-0.25, -0.2) is 0 Å². The minimum absolute atomic E-state index is 0.0106. The summed E-state index contributed by atoms with van der Waals surface area (Å²) >= 11 is 0. The lowest BCUT2D eigenvalue weighted by molar-refractivity contribution is -0.315. The molecule has 260 valence electrons. The molecule has 10 nitrogen and oxygen atoms in total. The highest BCUT2D eigenvalue weighted by Gasteiger charge is 2.61. The Bertz CT molecular complexity index is 1380. The van der Waals surface area contributed by atoms with Crippen molar-refractivity contribution in [3.8, 4) is 0 Å². The molecule has 47 heavy (non-hydrogen) atoms. The van der Waals surface area contributed by atoms with E-state index in [9.17, 15) is 15.0 Å². The van der Waals surface area contributed by atoms with Crippen molar-refractivity contribution < 1.29 is 43.5 Å². The first-order chi connectivity index (χ1) is 22.2. The Morgan fingerprint density at radius 2 is 1.91 bits per heavy atom. The third kappa shape index (κ3) is 6.48. The molecule has 0 aromatic rings. The fraction of sp³-hybridized carbons (Fsp3) is 0.730. The molecule has 1 spiro atoms. The number of hydrogen-bond acceptors (Lipinski definition) is 10. The summed E-state index contributed by atoms with van der Waals surface area (Å²) in [6.07, 6.45) is 9.87. The maximum absolute atomic E-state index is 14.2. The van der Waals surface area contributed by atoms with Crippen LogP contribution in [0, 0.1) is 29.6 Å². The molecule has 6 rings (SSSR count). The number of aliphatic hydroxyl groups is 2. The normalized spacial score (nSPS) is 48.1. The summed E-state index contributed by atoms with van der Waals surface area (Å²) in [5.74, 6) is -2.73. The third-order valence-corrected chi connectivity index (χ3v) is 11.1. The van der Waals surface area contributed by atoms with Gasteiger partial charge in [-0.05, 0) is 56.3 Å². The predicted molar refractivity (Wildman–Crippen MR) is 175 cm³/mol. The Balaban J connectivity index is 1.39. The molecule has 5 heterocycles. The van der Waals surface area contributed by atoms with Crippen LogP contribution in [0.3, 0.4) is 0 Å². The zero-order chi connectivity index (χ0) is 33.9. The van der Waals surface area contributed by atoms with E-state index in [1.807, 2.05) is 6.08 Å². The van der Waals surface area contributed by atoms with Crippen molar-refractivity contribution in [3.63, 3.8) is 0 Å². The van der Waals surface area contributed by atoms with Gasteiger partial charge in [-0.15, -0.1) is 0 Å². The van der Waals surface area contributed by atoms with Gasteiger partial charge in [-0.2, -0.15) is 0 Å². The van der Waals surface area contributed by atoms with Crippen molar-refractivity contribution in [1.29, 1.82) is 0 Å². The minimum Gasteiger partial charge on any atom is -0.494 e. The van der Waals surface area contributed by atoms with E-state index < -0.39 is 41.4 Å². The number of rotatable bonds is 3. The lowest BCUT2D eigenvalue weighted by Crippen LogP contribution is -2.58. The predicted octanol–water partition coefficient (Wildman–Crippen LogP) is 5.15. The number of nitrogens with zero attached hydrogens (tertiary/aromatic N) is 1. The number of esters is 1. The molecule has 0 aromatic carbocycles. The van der Waals surface area contributed by atoms with E-state index in [4.69, 9.17) is 28.5 Å². The summed E-state index contributed by atoms with van der Waals surface area (Å²) in [5, 5.41) is 27.7. The molecule has 0 saturated carbocycles. The highest BCUT2D eigenvalue weighted by atomic mass is 16.7. The van der Waals surface area contributed by atoms with Crippen LogP contribution < -0.4 is 0 Å². The van der Waals surface area contributed by atoms with E-state index in [0.29, 0.717) is 30.8 Å². The number of oxime groups is 1. The van der Waals surface area contributed by atoms with Gasteiger partial charge in [0, 0.05) is 31.6 Å². The fourth-order valence-electron chi connectivity index (χ4n) is 8.71. The molecule has 12 atom stereocenters. The highest BCUT2D eigenvalue weighted by Crippen LogP contribution is 2.51. The molecular weight excluding hydrogens is 602 g/mol. The molecule has 2 N–H and O–H groups in total. The summed E-state index contributed by atoms with van der Waals surface area (Å²) < 4.78 is 32.5. The zero-order valence-corrected chi connectivity index (χ0v) is 29.1. The quantitative estimate of drug-likeness (QED) is 0.184. The Kier molecular flexibility index (Phi) is 9.32. The topological polar surface area (TPSA) is 129 Å². The van der Waals surface area contributed by atoms with Crippen LogP contribution in [0.4, 0.5) is 0 Å². The average molecular weight is 656 g/mol. The van der Waals surface area contributed by atoms with Crippen LogP contribution >= 0.6 is 0 Å². The number of fused-ring (bicyclic) bond motifs is 3. The monoisotopic (exact) mass is 655 g/mol. The number of hydrogen-bond donors (Lipinski definition) is 2. The van der Waals surface area contributed by atoms with E-state index in [0.717, 1.165) is 17.7 Å². The van der Waals surface area contributed by atoms with Gasteiger partial charge in [0.25, 0.3) is 0 Å². The summed E-state index contributed by atoms with van der Waals surface area (Å²) in [5.41, 5.74) is 0.456. The first-order valence-corrected chi connectivity index (χ1v) is 17.3. The Labute approximate surface area is 278 Å². The van der Waals surface area contributed by atoms with Crippen molar-refractivity contribution in [3.05, 3.63) is 47.3 Å². The van der Waals surface area contributed by atoms with E-state index in [-0.39, 0.29) is 54.5 Å². The molecule has 10 heteroatoms. The molecule has 4 fully saturated rings. The summed E-state index contributed by atoms with van der Waals surface area (Å²) in [4.78, 5) is 19.5. The van der Waals surface area contributed by atoms with Crippen molar-refractivity contribution in [2.24, 2.45) is 34.7 Å². The van der Waals surface area contributed by atoms with E-state index in [1.165, 1.54) is 0 Å². The van der Waals surface area contributed by atoms with Gasteiger partial charge in [0.05, 0.1) is 48.3 Å². The summed E-state index contributed by atoms with van der Waals surface area (Å²) in [6, 6.07) is 0. The molecule has 0 radical (unpaired) electrons. The number of carbonyl (C=O) groups excluding carboxylic acids is 1. The average Bonchev–Trinajstić information content (AvgIpc) is 3.46. The second kappa shape index (κ2) is 12.8. The highest BCUT2D eigenvalue weighted by molar-refractivity contribution is 5.88. The van der Waals surface area contributed by atoms with Crippen molar-refractivity contribution in [2.45, 2.75) is 128 Å². The molecule has 0 aromatic heterocycles. The smallest absolute Gasteiger partial charge is 0.316 e. The Morgan fingerprint density at radius 1 is 1.15 bits per heavy atom. The summed E-state index contributed by atoms with van der Waals surface area (Å²) in [6.45, 7) is 14.6. The van der Waals surface area contributed by atoms with E-state index >= 15 is 0 Å². The maximum atomic E-state index is 14.2. The molecule has 5 aliphatic heterocycles. The van der Waals surface area contributed by atoms with Gasteiger partial charge in [0.15, 0.2) is 5.79 Å². The van der Waals surface area contributed by atoms with Crippen LogP contribution in [0.5, 0.6) is 0 Å². The standard InChI is InChI=1S/C37H53NO9/c1-20(2)12-23(5)33-24(6)29(38-42-8)18-36(47-33)17-26-14-25(45-36)15-31-35(7,46-31)16-21(3)10-9-11-30-37(41)27(34(40)44-26)13-22(4)32(39)28(37)19-43-30/h9-13,20-21,24-28,31-33,39,41H,14-19H2,1-8H3/b10-9+,23-12+,30-11-,38-29+/t21-,24-,25-,26-,27-,28+,31?,32+,33+,35?,36-,37+/m0/s1. The first kappa shape index (κ1) is 34.4. The fourth-order valence-corrected chi connectivity index (χ4v) is 8.71. The zero-order valence-electron chi connectivity index (χ0n) is 29.1. The first-order valence-electron chi connectivity index (χ1n) is 17.3. The molecule has 2 bridgehead atoms. The van der Waals surface area contributed by atoms with Gasteiger partial charge in [0.2, 0.25) is 0 Å². The number of aliphatic hydroxyl groups excluding tert-OH is 1. The minimum atomic E-state index is -1.75. The molecule has 1 aliphatic carbocycles. The van der Waals surface area contributed by atoms with Crippen molar-refractivity contribution >= 4 is 11.7 Å². The molecule has 4 saturated heterocycles. The van der Waals surface area contributed by atoms with Gasteiger partial charge < -0.3 is 38.7 Å². The third-order valence-electron chi connectivity index (χ3n) is 11.1. The van der Waals surface area contributed by atoms with Crippen molar-refractivity contribution in [2.75, 3.05) is 13.7 Å². The second-order valence-corrected chi connectivity index (χ2v) is 15.4. The van der Waals surface area contributed by atoms with Gasteiger partial charge >= 0.3 is 5.97 Å². The molecule has 0 amide bonds. The SMILES string of the molecule is CO/N=C1\C[C@]2(C[C@@H]3C[C@@H](CC4OC4(C)C[C@@H](C)/C=C/C=C4\OC[C@@H]5[C@H](O)C(C)=C[C@@H](C(=O)O3)[C@]45O)O2)O[C@H](/C(C)=C/C(C)C)[C@H]1C. The van der Waals surface area contributed by atoms with Crippen molar-refractivity contribution in [1.82, 2.24) is 0 Å². The van der Waals surface area contributed by atoms with Gasteiger partial charge in [-0.1, -0.05) is 57.2 Å². The van der Waals surface area contributed by atoms with Crippen LogP contribution in [0.15, 0.2) is 52.4 Å². The number of epoxide rings is 1. The molecular formula is C37H53NO9. The number of ether oxygens (including phenoxy) is 5. The Morgan fingerprint density at radius 3 is 2.64 bits per heavy atom. The second-order valence-electron chi connectivity index (χ2n) is 15.4. The van der Waals surface area contributed by atoms with Crippen LogP contribution in [0.2, 0.25) is 0 Å². The van der Waals surface area contributed by atoms with Gasteiger partial charge in [0.1, 0.15) is 30.5 Å². The lowest BCUT2D eigenvalue weighted by Gasteiger charge is -2.50. The number of allylic oxidation sites excluding steroid dienone is 4. The number of carbonyl (C=O) groups is 1. The maximum Gasteiger partial charge on any atom is 0.316 e. The van der Waals surface area contributed by atoms with Crippen LogP contribution in [0.25, 0.3) is 0 Å². The Hall–Kier alpha value is -2.50. The van der Waals surface area contributed by atoms with E-state index in [2.05, 4.69) is 58.9 Å². The lowest BCUT2D eigenvalue weighted by atomic mass is 9.68.